The maximum atomic E-state index is 12.0. The number of rotatable bonds is 5. The van der Waals surface area contributed by atoms with E-state index in [4.69, 9.17) is 0 Å². The van der Waals surface area contributed by atoms with Gasteiger partial charge in [0.15, 0.2) is 5.03 Å². The largest absolute Gasteiger partial charge is 0.389 e. The molecule has 1 aliphatic carbocycles. The molecule has 0 saturated heterocycles. The van der Waals surface area contributed by atoms with Crippen LogP contribution in [0, 0.1) is 0 Å². The zero-order valence-corrected chi connectivity index (χ0v) is 11.4. The van der Waals surface area contributed by atoms with E-state index in [0.717, 1.165) is 6.42 Å². The molecule has 0 amide bonds. The standard InChI is InChI=1S/C11H19N3O3S/c1-8(2)10-12-6-9(14-10)18(16,17)13-7-11(15)4-3-5-11/h6,8,13,15H,3-5,7H2,1-2H3,(H,12,14). The first-order valence-electron chi connectivity index (χ1n) is 6.09. The zero-order valence-electron chi connectivity index (χ0n) is 10.6. The lowest BCUT2D eigenvalue weighted by molar-refractivity contribution is -0.0271. The summed E-state index contributed by atoms with van der Waals surface area (Å²) < 4.78 is 26.3. The summed E-state index contributed by atoms with van der Waals surface area (Å²) in [7, 11) is -3.61. The molecule has 102 valence electrons. The molecule has 1 aliphatic rings. The Morgan fingerprint density at radius 3 is 2.67 bits per heavy atom. The average Bonchev–Trinajstić information content (AvgIpc) is 2.73. The zero-order chi connectivity index (χ0) is 13.4. The molecule has 0 spiro atoms. The number of nitrogens with zero attached hydrogens (tertiary/aromatic N) is 1. The molecule has 7 heteroatoms. The minimum absolute atomic E-state index is 0.0501. The van der Waals surface area contributed by atoms with Crippen LogP contribution in [0.25, 0.3) is 0 Å². The third-order valence-electron chi connectivity index (χ3n) is 3.28. The van der Waals surface area contributed by atoms with Crippen LogP contribution in [0.15, 0.2) is 11.2 Å². The van der Waals surface area contributed by atoms with Crippen molar-refractivity contribution in [2.75, 3.05) is 6.54 Å². The van der Waals surface area contributed by atoms with Crippen molar-refractivity contribution in [3.63, 3.8) is 0 Å². The number of nitrogens with one attached hydrogen (secondary N) is 2. The van der Waals surface area contributed by atoms with E-state index in [1.54, 1.807) is 0 Å². The van der Waals surface area contributed by atoms with Gasteiger partial charge in [-0.25, -0.2) is 18.1 Å². The van der Waals surface area contributed by atoms with Crippen molar-refractivity contribution >= 4 is 10.0 Å². The number of hydrogen-bond acceptors (Lipinski definition) is 4. The number of aliphatic hydroxyl groups is 1. The molecule has 3 N–H and O–H groups in total. The molecule has 1 aromatic rings. The Morgan fingerprint density at radius 1 is 1.56 bits per heavy atom. The van der Waals surface area contributed by atoms with E-state index in [1.807, 2.05) is 13.8 Å². The van der Waals surface area contributed by atoms with E-state index in [9.17, 15) is 13.5 Å². The first kappa shape index (κ1) is 13.5. The molecule has 1 saturated carbocycles. The van der Waals surface area contributed by atoms with Gasteiger partial charge < -0.3 is 10.1 Å². The first-order valence-corrected chi connectivity index (χ1v) is 7.58. The van der Waals surface area contributed by atoms with Gasteiger partial charge in [-0.15, -0.1) is 0 Å². The van der Waals surface area contributed by atoms with Crippen LogP contribution < -0.4 is 4.72 Å². The molecule has 0 aliphatic heterocycles. The summed E-state index contributed by atoms with van der Waals surface area (Å²) in [5.41, 5.74) is -0.867. The SMILES string of the molecule is CC(C)c1ncc(S(=O)(=O)NCC2(O)CCC2)[nH]1. The second-order valence-electron chi connectivity index (χ2n) is 5.19. The van der Waals surface area contributed by atoms with Crippen LogP contribution in [0.2, 0.25) is 0 Å². The van der Waals surface area contributed by atoms with Gasteiger partial charge >= 0.3 is 0 Å². The van der Waals surface area contributed by atoms with Crippen molar-refractivity contribution in [2.24, 2.45) is 0 Å². The Balaban J connectivity index is 2.05. The number of H-pyrrole nitrogens is 1. The molecule has 6 nitrogen and oxygen atoms in total. The van der Waals surface area contributed by atoms with E-state index < -0.39 is 15.6 Å². The summed E-state index contributed by atoms with van der Waals surface area (Å²) in [6, 6.07) is 0. The Morgan fingerprint density at radius 2 is 2.22 bits per heavy atom. The number of imidazole rings is 1. The summed E-state index contributed by atoms with van der Waals surface area (Å²) in [6.07, 6.45) is 3.55. The maximum Gasteiger partial charge on any atom is 0.257 e. The van der Waals surface area contributed by atoms with Crippen molar-refractivity contribution < 1.29 is 13.5 Å². The normalized spacial score (nSPS) is 18.9. The summed E-state index contributed by atoms with van der Waals surface area (Å²) >= 11 is 0. The average molecular weight is 273 g/mol. The molecule has 0 atom stereocenters. The molecule has 1 aromatic heterocycles. The fourth-order valence-corrected chi connectivity index (χ4v) is 2.86. The molecule has 0 unspecified atom stereocenters. The Labute approximate surface area is 107 Å². The third kappa shape index (κ3) is 2.73. The lowest BCUT2D eigenvalue weighted by Gasteiger charge is -2.36. The quantitative estimate of drug-likeness (QED) is 0.737. The van der Waals surface area contributed by atoms with Gasteiger partial charge in [-0.05, 0) is 19.3 Å². The minimum atomic E-state index is -3.61. The van der Waals surface area contributed by atoms with E-state index in [2.05, 4.69) is 14.7 Å². The van der Waals surface area contributed by atoms with Crippen LogP contribution in [-0.2, 0) is 10.0 Å². The van der Waals surface area contributed by atoms with Crippen LogP contribution in [0.4, 0.5) is 0 Å². The Kier molecular flexibility index (Phi) is 3.48. The van der Waals surface area contributed by atoms with Gasteiger partial charge in [-0.1, -0.05) is 13.8 Å². The second kappa shape index (κ2) is 4.64. The second-order valence-corrected chi connectivity index (χ2v) is 6.93. The fourth-order valence-electron chi connectivity index (χ4n) is 1.82. The molecule has 2 rings (SSSR count). The van der Waals surface area contributed by atoms with E-state index in [1.165, 1.54) is 6.20 Å². The molecule has 0 radical (unpaired) electrons. The van der Waals surface area contributed by atoms with Crippen LogP contribution in [0.5, 0.6) is 0 Å². The van der Waals surface area contributed by atoms with Crippen molar-refractivity contribution in [3.8, 4) is 0 Å². The summed E-state index contributed by atoms with van der Waals surface area (Å²) in [5, 5.41) is 9.91. The lowest BCUT2D eigenvalue weighted by atomic mass is 9.81. The van der Waals surface area contributed by atoms with Crippen molar-refractivity contribution in [2.45, 2.75) is 49.7 Å². The van der Waals surface area contributed by atoms with E-state index >= 15 is 0 Å². The van der Waals surface area contributed by atoms with Crippen LogP contribution >= 0.6 is 0 Å². The van der Waals surface area contributed by atoms with Gasteiger partial charge in [0, 0.05) is 12.5 Å². The van der Waals surface area contributed by atoms with Gasteiger partial charge in [-0.3, -0.25) is 0 Å². The highest BCUT2D eigenvalue weighted by molar-refractivity contribution is 7.89. The van der Waals surface area contributed by atoms with E-state index in [0.29, 0.717) is 18.7 Å². The molecule has 1 heterocycles. The highest BCUT2D eigenvalue weighted by atomic mass is 32.2. The number of hydrogen-bond donors (Lipinski definition) is 3. The van der Waals surface area contributed by atoms with Crippen LogP contribution in [-0.4, -0.2) is 35.6 Å². The van der Waals surface area contributed by atoms with Crippen LogP contribution in [0.3, 0.4) is 0 Å². The van der Waals surface area contributed by atoms with Gasteiger partial charge in [0.1, 0.15) is 5.82 Å². The molecular weight excluding hydrogens is 254 g/mol. The van der Waals surface area contributed by atoms with Crippen molar-refractivity contribution in [1.82, 2.24) is 14.7 Å². The lowest BCUT2D eigenvalue weighted by Crippen LogP contribution is -2.47. The third-order valence-corrected chi connectivity index (χ3v) is 4.59. The van der Waals surface area contributed by atoms with Gasteiger partial charge in [0.05, 0.1) is 11.8 Å². The summed E-state index contributed by atoms with van der Waals surface area (Å²) in [4.78, 5) is 6.81. The molecule has 1 fully saturated rings. The number of aromatic nitrogens is 2. The predicted molar refractivity (Wildman–Crippen MR) is 66.7 cm³/mol. The highest BCUT2D eigenvalue weighted by Crippen LogP contribution is 2.30. The van der Waals surface area contributed by atoms with E-state index in [-0.39, 0.29) is 17.5 Å². The number of sulfonamides is 1. The Bertz CT molecular complexity index is 517. The number of aromatic amines is 1. The minimum Gasteiger partial charge on any atom is -0.389 e. The Hall–Kier alpha value is -0.920. The highest BCUT2D eigenvalue weighted by Gasteiger charge is 2.35. The fraction of sp³-hybridized carbons (Fsp3) is 0.727. The van der Waals surface area contributed by atoms with Crippen molar-refractivity contribution in [3.05, 3.63) is 12.0 Å². The molecule has 18 heavy (non-hydrogen) atoms. The van der Waals surface area contributed by atoms with Crippen LogP contribution in [0.1, 0.15) is 44.9 Å². The van der Waals surface area contributed by atoms with Crippen molar-refractivity contribution in [1.29, 1.82) is 0 Å². The maximum absolute atomic E-state index is 12.0. The summed E-state index contributed by atoms with van der Waals surface area (Å²) in [5.74, 6) is 0.780. The van der Waals surface area contributed by atoms with Gasteiger partial charge in [0.2, 0.25) is 0 Å². The topological polar surface area (TPSA) is 95.1 Å². The molecule has 0 aromatic carbocycles. The van der Waals surface area contributed by atoms with Gasteiger partial charge in [0.25, 0.3) is 10.0 Å². The first-order chi connectivity index (χ1) is 8.32. The predicted octanol–water partition coefficient (Wildman–Crippen LogP) is 0.726. The monoisotopic (exact) mass is 273 g/mol. The summed E-state index contributed by atoms with van der Waals surface area (Å²) in [6.45, 7) is 3.92. The smallest absolute Gasteiger partial charge is 0.257 e. The molecule has 0 bridgehead atoms. The molecular formula is C11H19N3O3S. The van der Waals surface area contributed by atoms with Gasteiger partial charge in [-0.2, -0.15) is 0 Å².